The van der Waals surface area contributed by atoms with Crippen LogP contribution < -0.4 is 11.1 Å². The van der Waals surface area contributed by atoms with Crippen molar-refractivity contribution >= 4 is 27.8 Å². The van der Waals surface area contributed by atoms with Gasteiger partial charge in [0, 0.05) is 36.5 Å². The van der Waals surface area contributed by atoms with Crippen LogP contribution in [0.5, 0.6) is 0 Å². The highest BCUT2D eigenvalue weighted by molar-refractivity contribution is 6.04. The molecule has 1 aliphatic heterocycles. The van der Waals surface area contributed by atoms with Gasteiger partial charge in [-0.2, -0.15) is 5.26 Å². The lowest BCUT2D eigenvalue weighted by Gasteiger charge is -2.32. The molecule has 0 radical (unpaired) electrons. The second kappa shape index (κ2) is 7.23. The van der Waals surface area contributed by atoms with E-state index in [1.807, 2.05) is 18.2 Å². The molecule has 144 valence electrons. The summed E-state index contributed by atoms with van der Waals surface area (Å²) in [5.41, 5.74) is 7.10. The lowest BCUT2D eigenvalue weighted by molar-refractivity contribution is -0.130. The second-order valence-electron chi connectivity index (χ2n) is 7.20. The Morgan fingerprint density at radius 1 is 1.21 bits per heavy atom. The Morgan fingerprint density at radius 2 is 1.89 bits per heavy atom. The van der Waals surface area contributed by atoms with Gasteiger partial charge in [-0.3, -0.25) is 4.79 Å². The Kier molecular flexibility index (Phi) is 4.75. The van der Waals surface area contributed by atoms with Crippen LogP contribution in [-0.4, -0.2) is 30.7 Å². The van der Waals surface area contributed by atoms with Crippen molar-refractivity contribution < 1.29 is 18.3 Å². The van der Waals surface area contributed by atoms with Gasteiger partial charge in [-0.1, -0.05) is 12.1 Å². The third-order valence-corrected chi connectivity index (χ3v) is 5.24. The Morgan fingerprint density at radius 3 is 2.61 bits per heavy atom. The van der Waals surface area contributed by atoms with Crippen molar-refractivity contribution in [3.05, 3.63) is 47.8 Å². The molecule has 0 spiro atoms. The van der Waals surface area contributed by atoms with Gasteiger partial charge >= 0.3 is 0 Å². The molecule has 1 aliphatic rings. The minimum absolute atomic E-state index is 0.316. The van der Waals surface area contributed by atoms with E-state index in [0.29, 0.717) is 43.6 Å². The summed E-state index contributed by atoms with van der Waals surface area (Å²) >= 11 is 0. The summed E-state index contributed by atoms with van der Waals surface area (Å²) in [5, 5.41) is 13.9. The van der Waals surface area contributed by atoms with Gasteiger partial charge in [0.1, 0.15) is 23.0 Å². The summed E-state index contributed by atoms with van der Waals surface area (Å²) < 4.78 is 24.4. The number of fused-ring (bicyclic) bond motifs is 3. The van der Waals surface area contributed by atoms with Crippen LogP contribution in [0.4, 0.5) is 4.39 Å². The monoisotopic (exact) mass is 381 g/mol. The predicted molar refractivity (Wildman–Crippen MR) is 102 cm³/mol. The quantitative estimate of drug-likeness (QED) is 0.724. The van der Waals surface area contributed by atoms with Crippen LogP contribution >= 0.6 is 0 Å². The van der Waals surface area contributed by atoms with E-state index >= 15 is 0 Å². The molecule has 6 nitrogen and oxygen atoms in total. The second-order valence-corrected chi connectivity index (χ2v) is 7.20. The lowest BCUT2D eigenvalue weighted by Crippen LogP contribution is -2.58. The molecule has 1 fully saturated rings. The standard InChI is InChI=1S/C21H20FN3O3/c22-14-2-4-17-16-3-1-13(10-18(16)28-19(17)11-14)9-15(12-23)25-20(26)21(24)5-7-27-8-6-21/h1-4,10-11,15H,5-9,24H2,(H,25,26)/t15-/m1/s1. The number of nitriles is 1. The van der Waals surface area contributed by atoms with E-state index in [2.05, 4.69) is 11.4 Å². The van der Waals surface area contributed by atoms with Gasteiger partial charge in [0.05, 0.1) is 11.6 Å². The highest BCUT2D eigenvalue weighted by Gasteiger charge is 2.36. The van der Waals surface area contributed by atoms with E-state index in [1.165, 1.54) is 12.1 Å². The maximum absolute atomic E-state index is 13.4. The van der Waals surface area contributed by atoms with Gasteiger partial charge in [-0.15, -0.1) is 0 Å². The number of nitrogens with zero attached hydrogens (tertiary/aromatic N) is 1. The van der Waals surface area contributed by atoms with Crippen LogP contribution in [0.2, 0.25) is 0 Å². The molecule has 28 heavy (non-hydrogen) atoms. The minimum Gasteiger partial charge on any atom is -0.456 e. The number of halogens is 1. The molecule has 2 heterocycles. The van der Waals surface area contributed by atoms with Crippen molar-refractivity contribution in [2.24, 2.45) is 5.73 Å². The number of benzene rings is 2. The molecule has 1 saturated heterocycles. The fraction of sp³-hybridized carbons (Fsp3) is 0.333. The Balaban J connectivity index is 1.53. The molecule has 0 saturated carbocycles. The van der Waals surface area contributed by atoms with Crippen molar-refractivity contribution in [1.82, 2.24) is 5.32 Å². The molecule has 0 bridgehead atoms. The van der Waals surface area contributed by atoms with Gasteiger partial charge in [0.15, 0.2) is 0 Å². The number of ether oxygens (including phenoxy) is 1. The number of amides is 1. The van der Waals surface area contributed by atoms with E-state index in [9.17, 15) is 14.4 Å². The van der Waals surface area contributed by atoms with Crippen LogP contribution in [-0.2, 0) is 16.0 Å². The average molecular weight is 381 g/mol. The lowest BCUT2D eigenvalue weighted by atomic mass is 9.90. The zero-order valence-corrected chi connectivity index (χ0v) is 15.2. The zero-order chi connectivity index (χ0) is 19.7. The van der Waals surface area contributed by atoms with Crippen molar-refractivity contribution in [1.29, 1.82) is 5.26 Å². The highest BCUT2D eigenvalue weighted by atomic mass is 19.1. The van der Waals surface area contributed by atoms with Crippen molar-refractivity contribution in [2.45, 2.75) is 30.8 Å². The summed E-state index contributed by atoms with van der Waals surface area (Å²) in [6, 6.07) is 11.4. The summed E-state index contributed by atoms with van der Waals surface area (Å²) in [4.78, 5) is 12.5. The fourth-order valence-corrected chi connectivity index (χ4v) is 3.55. The summed E-state index contributed by atoms with van der Waals surface area (Å²) in [7, 11) is 0. The molecule has 4 rings (SSSR count). The molecule has 0 unspecified atom stereocenters. The van der Waals surface area contributed by atoms with E-state index in [1.54, 1.807) is 6.07 Å². The number of carbonyl (C=O) groups excluding carboxylic acids is 1. The molecule has 7 heteroatoms. The van der Waals surface area contributed by atoms with Gasteiger partial charge in [-0.05, 0) is 36.6 Å². The number of hydrogen-bond acceptors (Lipinski definition) is 5. The number of carbonyl (C=O) groups is 1. The maximum Gasteiger partial charge on any atom is 0.241 e. The van der Waals surface area contributed by atoms with Crippen LogP contribution in [0.15, 0.2) is 40.8 Å². The molecular weight excluding hydrogens is 361 g/mol. The first kappa shape index (κ1) is 18.4. The molecule has 3 N–H and O–H groups in total. The first-order valence-corrected chi connectivity index (χ1v) is 9.16. The van der Waals surface area contributed by atoms with Crippen molar-refractivity contribution in [2.75, 3.05) is 13.2 Å². The Hall–Kier alpha value is -2.95. The number of rotatable bonds is 4. The fourth-order valence-electron chi connectivity index (χ4n) is 3.55. The summed E-state index contributed by atoms with van der Waals surface area (Å²) in [5.74, 6) is -0.689. The smallest absolute Gasteiger partial charge is 0.241 e. The molecule has 0 aliphatic carbocycles. The van der Waals surface area contributed by atoms with Crippen LogP contribution in [0.3, 0.4) is 0 Å². The maximum atomic E-state index is 13.4. The average Bonchev–Trinajstić information content (AvgIpc) is 3.04. The van der Waals surface area contributed by atoms with E-state index in [0.717, 1.165) is 16.3 Å². The summed E-state index contributed by atoms with van der Waals surface area (Å²) in [6.45, 7) is 0.870. The number of nitrogens with two attached hydrogens (primary N) is 1. The third-order valence-electron chi connectivity index (χ3n) is 5.24. The first-order chi connectivity index (χ1) is 13.5. The number of hydrogen-bond donors (Lipinski definition) is 2. The Labute approximate surface area is 161 Å². The molecular formula is C21H20FN3O3. The number of furan rings is 1. The van der Waals surface area contributed by atoms with E-state index in [-0.39, 0.29) is 11.7 Å². The minimum atomic E-state index is -1.000. The SMILES string of the molecule is N#C[C@@H](Cc1ccc2c(c1)oc1cc(F)ccc12)NC(=O)C1(N)CCOCC1. The van der Waals surface area contributed by atoms with Crippen LogP contribution in [0.1, 0.15) is 18.4 Å². The largest absolute Gasteiger partial charge is 0.456 e. The van der Waals surface area contributed by atoms with E-state index in [4.69, 9.17) is 14.9 Å². The molecule has 2 aromatic carbocycles. The van der Waals surface area contributed by atoms with Gasteiger partial charge in [-0.25, -0.2) is 4.39 Å². The van der Waals surface area contributed by atoms with Gasteiger partial charge in [0.2, 0.25) is 5.91 Å². The van der Waals surface area contributed by atoms with Gasteiger partial charge < -0.3 is 20.2 Å². The number of nitrogens with one attached hydrogen (secondary N) is 1. The third kappa shape index (κ3) is 3.44. The molecule has 3 aromatic rings. The normalized spacial score (nSPS) is 17.3. The van der Waals surface area contributed by atoms with Crippen LogP contribution in [0, 0.1) is 17.1 Å². The van der Waals surface area contributed by atoms with Crippen LogP contribution in [0.25, 0.3) is 21.9 Å². The van der Waals surface area contributed by atoms with Crippen molar-refractivity contribution in [3.63, 3.8) is 0 Å². The molecule has 1 aromatic heterocycles. The van der Waals surface area contributed by atoms with Crippen molar-refractivity contribution in [3.8, 4) is 6.07 Å². The van der Waals surface area contributed by atoms with E-state index < -0.39 is 11.6 Å². The molecule has 1 atom stereocenters. The van der Waals surface area contributed by atoms with Gasteiger partial charge in [0.25, 0.3) is 0 Å². The first-order valence-electron chi connectivity index (χ1n) is 9.16. The summed E-state index contributed by atoms with van der Waals surface area (Å²) in [6.07, 6.45) is 1.17. The molecule has 1 amide bonds. The zero-order valence-electron chi connectivity index (χ0n) is 15.2. The predicted octanol–water partition coefficient (Wildman–Crippen LogP) is 2.78. The highest BCUT2D eigenvalue weighted by Crippen LogP contribution is 2.30. The topological polar surface area (TPSA) is 101 Å². The Bertz CT molecular complexity index is 1080.